The summed E-state index contributed by atoms with van der Waals surface area (Å²) in [6.45, 7) is 0. The number of hydrogen-bond donors (Lipinski definition) is 2. The van der Waals surface area contributed by atoms with Crippen molar-refractivity contribution in [2.75, 3.05) is 12.8 Å². The Balaban J connectivity index is 2.21. The zero-order chi connectivity index (χ0) is 19.1. The van der Waals surface area contributed by atoms with E-state index >= 15 is 0 Å². The molecule has 2 aromatic rings. The van der Waals surface area contributed by atoms with Crippen molar-refractivity contribution in [2.24, 2.45) is 0 Å². The summed E-state index contributed by atoms with van der Waals surface area (Å²) < 4.78 is 11.6. The van der Waals surface area contributed by atoms with Crippen molar-refractivity contribution in [1.29, 1.82) is 5.41 Å². The first-order chi connectivity index (χ1) is 13.0. The van der Waals surface area contributed by atoms with Gasteiger partial charge in [0.15, 0.2) is 0 Å². The number of methoxy groups -OCH3 is 1. The molecule has 134 valence electrons. The van der Waals surface area contributed by atoms with Gasteiger partial charge in [-0.2, -0.15) is 0 Å². The standard InChI is InChI=1S/C21H15BrN2O3/c1-26-21(25)13-5-3-2-4-12(13)20-14-7-6-11(23)8-18(14)27-19-10-17(24)16(22)9-15(19)20/h2-10,24H,23H2,1H3. The van der Waals surface area contributed by atoms with Crippen molar-refractivity contribution in [3.8, 4) is 22.5 Å². The topological polar surface area (TPSA) is 89.3 Å². The van der Waals surface area contributed by atoms with Crippen molar-refractivity contribution >= 4 is 38.6 Å². The molecule has 2 aliphatic rings. The Bertz CT molecular complexity index is 1230. The number of nitrogens with two attached hydrogens (primary N) is 1. The normalized spacial score (nSPS) is 11.0. The Labute approximate surface area is 163 Å². The summed E-state index contributed by atoms with van der Waals surface area (Å²) in [5, 5.41) is 9.19. The lowest BCUT2D eigenvalue weighted by Gasteiger charge is -2.17. The fourth-order valence-corrected chi connectivity index (χ4v) is 3.55. The summed E-state index contributed by atoms with van der Waals surface area (Å²) in [5.41, 5.74) is 9.88. The van der Waals surface area contributed by atoms with Gasteiger partial charge in [-0.05, 0) is 45.8 Å². The van der Waals surface area contributed by atoms with Gasteiger partial charge in [-0.3, -0.25) is 5.41 Å². The molecule has 0 atom stereocenters. The lowest BCUT2D eigenvalue weighted by atomic mass is 9.90. The Morgan fingerprint density at radius 1 is 1.11 bits per heavy atom. The van der Waals surface area contributed by atoms with Crippen LogP contribution in [0.25, 0.3) is 33.4 Å². The molecule has 1 aliphatic carbocycles. The predicted octanol–water partition coefficient (Wildman–Crippen LogP) is 4.82. The third kappa shape index (κ3) is 2.88. The van der Waals surface area contributed by atoms with Gasteiger partial charge in [0.25, 0.3) is 0 Å². The summed E-state index contributed by atoms with van der Waals surface area (Å²) in [4.78, 5) is 12.3. The number of anilines is 1. The molecule has 0 aromatic heterocycles. The van der Waals surface area contributed by atoms with Gasteiger partial charge in [0.2, 0.25) is 0 Å². The Morgan fingerprint density at radius 3 is 2.67 bits per heavy atom. The summed E-state index contributed by atoms with van der Waals surface area (Å²) in [5.74, 6) is 0.121. The molecule has 0 amide bonds. The lowest BCUT2D eigenvalue weighted by Crippen LogP contribution is -2.06. The van der Waals surface area contributed by atoms with Crippen LogP contribution >= 0.6 is 15.9 Å². The highest BCUT2D eigenvalue weighted by atomic mass is 79.9. The molecule has 0 spiro atoms. The number of rotatable bonds is 2. The van der Waals surface area contributed by atoms with Crippen LogP contribution in [0.3, 0.4) is 0 Å². The van der Waals surface area contributed by atoms with Crippen LogP contribution in [0.4, 0.5) is 5.69 Å². The minimum absolute atomic E-state index is 0.307. The van der Waals surface area contributed by atoms with Gasteiger partial charge in [-0.1, -0.05) is 18.2 Å². The molecular formula is C21H15BrN2O3. The SMILES string of the molecule is COC(=O)c1ccccc1-c1c2cc(Br)c(=N)cc-2oc2cc(N)ccc12. The van der Waals surface area contributed by atoms with E-state index in [9.17, 15) is 4.79 Å². The van der Waals surface area contributed by atoms with Gasteiger partial charge in [0.05, 0.1) is 18.0 Å². The van der Waals surface area contributed by atoms with Crippen LogP contribution in [-0.4, -0.2) is 13.1 Å². The number of halogens is 1. The van der Waals surface area contributed by atoms with Crippen LogP contribution < -0.4 is 11.1 Å². The largest absolute Gasteiger partial charge is 0.465 e. The second kappa shape index (κ2) is 6.55. The highest BCUT2D eigenvalue weighted by Gasteiger charge is 2.22. The molecule has 0 radical (unpaired) electrons. The second-order valence-corrected chi connectivity index (χ2v) is 6.95. The van der Waals surface area contributed by atoms with E-state index < -0.39 is 5.97 Å². The highest BCUT2D eigenvalue weighted by Crippen LogP contribution is 2.42. The minimum atomic E-state index is -0.417. The van der Waals surface area contributed by atoms with Crippen molar-refractivity contribution in [2.45, 2.75) is 0 Å². The van der Waals surface area contributed by atoms with Crippen molar-refractivity contribution in [1.82, 2.24) is 0 Å². The van der Waals surface area contributed by atoms with E-state index in [2.05, 4.69) is 15.9 Å². The molecule has 5 nitrogen and oxygen atoms in total. The van der Waals surface area contributed by atoms with Crippen LogP contribution in [0, 0.1) is 5.41 Å². The molecule has 1 aliphatic heterocycles. The number of esters is 1. The molecule has 27 heavy (non-hydrogen) atoms. The zero-order valence-electron chi connectivity index (χ0n) is 14.4. The van der Waals surface area contributed by atoms with Gasteiger partial charge < -0.3 is 14.9 Å². The minimum Gasteiger partial charge on any atom is -0.465 e. The molecule has 3 N–H and O–H groups in total. The van der Waals surface area contributed by atoms with Crippen LogP contribution in [0.15, 0.2) is 63.5 Å². The summed E-state index contributed by atoms with van der Waals surface area (Å²) in [7, 11) is 1.36. The molecule has 0 bridgehead atoms. The van der Waals surface area contributed by atoms with Crippen LogP contribution in [0.1, 0.15) is 10.4 Å². The molecule has 0 saturated carbocycles. The average molecular weight is 423 g/mol. The van der Waals surface area contributed by atoms with Gasteiger partial charge in [0, 0.05) is 38.8 Å². The predicted molar refractivity (Wildman–Crippen MR) is 108 cm³/mol. The molecule has 0 unspecified atom stereocenters. The fraction of sp³-hybridized carbons (Fsp3) is 0.0476. The third-order valence-electron chi connectivity index (χ3n) is 4.44. The molecule has 6 heteroatoms. The van der Waals surface area contributed by atoms with E-state index in [-0.39, 0.29) is 0 Å². The number of ether oxygens (including phenoxy) is 1. The number of nitrogens with one attached hydrogen (secondary N) is 1. The number of nitrogen functional groups attached to an aromatic ring is 1. The van der Waals surface area contributed by atoms with Gasteiger partial charge in [-0.25, -0.2) is 4.79 Å². The monoisotopic (exact) mass is 422 g/mol. The maximum atomic E-state index is 12.3. The first-order valence-corrected chi connectivity index (χ1v) is 8.97. The number of benzene rings is 3. The first-order valence-electron chi connectivity index (χ1n) is 8.17. The van der Waals surface area contributed by atoms with E-state index in [0.717, 1.165) is 22.1 Å². The van der Waals surface area contributed by atoms with E-state index in [4.69, 9.17) is 20.3 Å². The quantitative estimate of drug-likeness (QED) is 0.275. The Kier molecular flexibility index (Phi) is 4.20. The number of carbonyl (C=O) groups is 1. The highest BCUT2D eigenvalue weighted by molar-refractivity contribution is 9.10. The van der Waals surface area contributed by atoms with Gasteiger partial charge >= 0.3 is 5.97 Å². The summed E-state index contributed by atoms with van der Waals surface area (Å²) in [6, 6.07) is 16.2. The van der Waals surface area contributed by atoms with E-state index in [1.807, 2.05) is 24.3 Å². The molecule has 0 saturated heterocycles. The molecule has 1 heterocycles. The third-order valence-corrected chi connectivity index (χ3v) is 5.09. The van der Waals surface area contributed by atoms with Gasteiger partial charge in [-0.15, -0.1) is 0 Å². The fourth-order valence-electron chi connectivity index (χ4n) is 3.21. The van der Waals surface area contributed by atoms with E-state index in [0.29, 0.717) is 32.4 Å². The van der Waals surface area contributed by atoms with Crippen LogP contribution in [0.5, 0.6) is 0 Å². The Hall–Kier alpha value is -3.12. The molecule has 0 fully saturated rings. The maximum absolute atomic E-state index is 12.3. The summed E-state index contributed by atoms with van der Waals surface area (Å²) in [6.07, 6.45) is 0. The molecule has 2 aromatic carbocycles. The van der Waals surface area contributed by atoms with E-state index in [1.54, 1.807) is 30.3 Å². The van der Waals surface area contributed by atoms with Crippen molar-refractivity contribution in [3.05, 3.63) is 70.0 Å². The van der Waals surface area contributed by atoms with Crippen molar-refractivity contribution < 1.29 is 13.9 Å². The Morgan fingerprint density at radius 2 is 1.89 bits per heavy atom. The van der Waals surface area contributed by atoms with E-state index in [1.165, 1.54) is 7.11 Å². The number of hydrogen-bond acceptors (Lipinski definition) is 5. The van der Waals surface area contributed by atoms with Crippen LogP contribution in [-0.2, 0) is 4.74 Å². The average Bonchev–Trinajstić information content (AvgIpc) is 2.67. The molecular weight excluding hydrogens is 408 g/mol. The van der Waals surface area contributed by atoms with Crippen LogP contribution in [0.2, 0.25) is 0 Å². The van der Waals surface area contributed by atoms with Crippen molar-refractivity contribution in [3.63, 3.8) is 0 Å². The smallest absolute Gasteiger partial charge is 0.338 e. The number of carbonyl (C=O) groups excluding carboxylic acids is 1. The second-order valence-electron chi connectivity index (χ2n) is 6.10. The number of fused-ring (bicyclic) bond motifs is 2. The zero-order valence-corrected chi connectivity index (χ0v) is 16.0. The summed E-state index contributed by atoms with van der Waals surface area (Å²) >= 11 is 3.42. The lowest BCUT2D eigenvalue weighted by molar-refractivity contribution is 0.0601. The van der Waals surface area contributed by atoms with Gasteiger partial charge in [0.1, 0.15) is 11.3 Å². The molecule has 4 rings (SSSR count). The maximum Gasteiger partial charge on any atom is 0.338 e. The first kappa shape index (κ1) is 17.3.